The summed E-state index contributed by atoms with van der Waals surface area (Å²) in [7, 11) is 0. The van der Waals surface area contributed by atoms with Gasteiger partial charge in [-0.05, 0) is 30.5 Å². The summed E-state index contributed by atoms with van der Waals surface area (Å²) in [5, 5.41) is 28.4. The zero-order chi connectivity index (χ0) is 27.0. The van der Waals surface area contributed by atoms with Crippen molar-refractivity contribution >= 4 is 17.7 Å². The number of nitrogens with zero attached hydrogens (tertiary/aromatic N) is 2. The maximum atomic E-state index is 15.8. The minimum atomic E-state index is -1.24. The van der Waals surface area contributed by atoms with Gasteiger partial charge in [-0.3, -0.25) is 0 Å². The predicted octanol–water partition coefficient (Wildman–Crippen LogP) is 5.50. The first-order chi connectivity index (χ1) is 18.3. The Kier molecular flexibility index (Phi) is 6.86. The van der Waals surface area contributed by atoms with Crippen molar-refractivity contribution in [3.8, 4) is 28.7 Å². The minimum Gasteiger partial charge on any atom is -0.488 e. The molecule has 196 valence electrons. The van der Waals surface area contributed by atoms with E-state index in [0.717, 1.165) is 6.07 Å². The van der Waals surface area contributed by atoms with Crippen LogP contribution in [0.3, 0.4) is 0 Å². The Morgan fingerprint density at radius 3 is 2.68 bits per heavy atom. The molecule has 0 aliphatic carbocycles. The molecule has 10 heteroatoms. The number of nitriles is 1. The summed E-state index contributed by atoms with van der Waals surface area (Å²) < 4.78 is 42.8. The van der Waals surface area contributed by atoms with E-state index in [1.807, 2.05) is 24.3 Å². The number of aliphatic hydroxyl groups excluding tert-OH is 1. The van der Waals surface area contributed by atoms with Gasteiger partial charge in [-0.1, -0.05) is 41.9 Å². The van der Waals surface area contributed by atoms with Crippen LogP contribution in [0.1, 0.15) is 29.5 Å². The number of aliphatic hydroxyl groups is 1. The van der Waals surface area contributed by atoms with Gasteiger partial charge in [0.25, 0.3) is 0 Å². The van der Waals surface area contributed by atoms with Crippen molar-refractivity contribution in [2.24, 2.45) is 0 Å². The smallest absolute Gasteiger partial charge is 0.407 e. The van der Waals surface area contributed by atoms with Gasteiger partial charge in [0.15, 0.2) is 17.2 Å². The second kappa shape index (κ2) is 10.1. The van der Waals surface area contributed by atoms with E-state index >= 15 is 8.78 Å². The van der Waals surface area contributed by atoms with E-state index in [0.29, 0.717) is 30.5 Å². The lowest BCUT2D eigenvalue weighted by molar-refractivity contribution is 0.00693. The van der Waals surface area contributed by atoms with Crippen LogP contribution in [0.5, 0.6) is 11.5 Å². The largest absolute Gasteiger partial charge is 0.488 e. The Balaban J connectivity index is 1.74. The van der Waals surface area contributed by atoms with Gasteiger partial charge >= 0.3 is 6.09 Å². The number of ether oxygens (including phenoxy) is 2. The van der Waals surface area contributed by atoms with Gasteiger partial charge in [0.2, 0.25) is 0 Å². The van der Waals surface area contributed by atoms with Gasteiger partial charge in [-0.2, -0.15) is 5.26 Å². The van der Waals surface area contributed by atoms with Crippen LogP contribution in [0.4, 0.5) is 13.6 Å². The molecule has 7 nitrogen and oxygen atoms in total. The highest BCUT2D eigenvalue weighted by atomic mass is 35.5. The van der Waals surface area contributed by atoms with Gasteiger partial charge in [-0.25, -0.2) is 13.6 Å². The second-order valence-corrected chi connectivity index (χ2v) is 9.55. The van der Waals surface area contributed by atoms with E-state index < -0.39 is 34.4 Å². The van der Waals surface area contributed by atoms with E-state index in [9.17, 15) is 15.2 Å². The normalized spacial score (nSPS) is 20.1. The highest BCUT2D eigenvalue weighted by molar-refractivity contribution is 6.34. The Morgan fingerprint density at radius 1 is 1.24 bits per heavy atom. The van der Waals surface area contributed by atoms with Gasteiger partial charge in [0, 0.05) is 35.7 Å². The van der Waals surface area contributed by atoms with Crippen LogP contribution in [0.25, 0.3) is 11.1 Å². The zero-order valence-electron chi connectivity index (χ0n) is 20.1. The SMILES string of the molecule is N#Cc1ccc(OCCO)c(F)c1-c1c(Cl)c(F)cc2c1C[C@](c1ccccc1)([C@@H]1CCCN1C(=O)O)O2. The molecule has 1 amide bonds. The standard InChI is InChI=1S/C28H23ClF2N2O5/c29-25-19(30)13-21-18(24(25)23-16(15-32)8-9-20(26(23)31)37-12-11-34)14-28(38-21,17-5-2-1-3-6-17)22-7-4-10-33(22)27(35)36/h1-3,5-6,8-9,13,22,34H,4,7,10-12,14H2,(H,35,36)/t22-,28-/m0/s1. The van der Waals surface area contributed by atoms with Crippen molar-refractivity contribution < 1.29 is 33.3 Å². The van der Waals surface area contributed by atoms with Crippen LogP contribution in [-0.4, -0.2) is 47.0 Å². The molecule has 3 aromatic rings. The molecular weight excluding hydrogens is 518 g/mol. The van der Waals surface area contributed by atoms with Crippen molar-refractivity contribution in [1.82, 2.24) is 4.90 Å². The van der Waals surface area contributed by atoms with Gasteiger partial charge in [-0.15, -0.1) is 0 Å². The van der Waals surface area contributed by atoms with Crippen LogP contribution in [0.15, 0.2) is 48.5 Å². The Morgan fingerprint density at radius 2 is 2.00 bits per heavy atom. The maximum Gasteiger partial charge on any atom is 0.407 e. The molecule has 1 saturated heterocycles. The van der Waals surface area contributed by atoms with Crippen LogP contribution in [0, 0.1) is 23.0 Å². The number of benzene rings is 3. The minimum absolute atomic E-state index is 0.0529. The van der Waals surface area contributed by atoms with E-state index in [1.54, 1.807) is 12.1 Å². The summed E-state index contributed by atoms with van der Waals surface area (Å²) >= 11 is 6.45. The highest BCUT2D eigenvalue weighted by Crippen LogP contribution is 2.53. The third-order valence-corrected chi connectivity index (χ3v) is 7.51. The molecule has 1 fully saturated rings. The first-order valence-corrected chi connectivity index (χ1v) is 12.4. The summed E-state index contributed by atoms with van der Waals surface area (Å²) in [5.74, 6) is -1.95. The molecule has 0 saturated carbocycles. The van der Waals surface area contributed by atoms with Gasteiger partial charge in [0.1, 0.15) is 18.2 Å². The number of hydrogen-bond donors (Lipinski definition) is 2. The fourth-order valence-corrected chi connectivity index (χ4v) is 5.83. The average molecular weight is 541 g/mol. The summed E-state index contributed by atoms with van der Waals surface area (Å²) in [6.45, 7) is -0.238. The van der Waals surface area contributed by atoms with Crippen molar-refractivity contribution in [2.45, 2.75) is 30.9 Å². The lowest BCUT2D eigenvalue weighted by atomic mass is 9.79. The summed E-state index contributed by atoms with van der Waals surface area (Å²) in [6.07, 6.45) is 0.0777. The number of halogens is 3. The van der Waals surface area contributed by atoms with E-state index in [4.69, 9.17) is 26.2 Å². The topological polar surface area (TPSA) is 103 Å². The lowest BCUT2D eigenvalue weighted by Gasteiger charge is -2.39. The molecule has 2 N–H and O–H groups in total. The predicted molar refractivity (Wildman–Crippen MR) is 134 cm³/mol. The van der Waals surface area contributed by atoms with Crippen LogP contribution >= 0.6 is 11.6 Å². The molecule has 0 radical (unpaired) electrons. The molecule has 2 aliphatic rings. The first kappa shape index (κ1) is 25.8. The number of amides is 1. The lowest BCUT2D eigenvalue weighted by Crippen LogP contribution is -2.52. The van der Waals surface area contributed by atoms with E-state index in [-0.39, 0.29) is 47.8 Å². The van der Waals surface area contributed by atoms with E-state index in [2.05, 4.69) is 0 Å². The molecule has 0 unspecified atom stereocenters. The third-order valence-electron chi connectivity index (χ3n) is 7.14. The molecule has 38 heavy (non-hydrogen) atoms. The van der Waals surface area contributed by atoms with Crippen LogP contribution < -0.4 is 9.47 Å². The van der Waals surface area contributed by atoms with Crippen molar-refractivity contribution in [1.29, 1.82) is 5.26 Å². The molecule has 0 spiro atoms. The van der Waals surface area contributed by atoms with Gasteiger partial charge in [0.05, 0.1) is 29.3 Å². The quantitative estimate of drug-likeness (QED) is 0.428. The summed E-state index contributed by atoms with van der Waals surface area (Å²) in [6, 6.07) is 14.1. The maximum absolute atomic E-state index is 15.8. The molecule has 2 aliphatic heterocycles. The third kappa shape index (κ3) is 4.10. The number of hydrogen-bond acceptors (Lipinski definition) is 5. The number of carbonyl (C=O) groups is 1. The molecule has 0 bridgehead atoms. The van der Waals surface area contributed by atoms with Crippen molar-refractivity contribution in [3.05, 3.63) is 81.9 Å². The molecule has 2 heterocycles. The van der Waals surface area contributed by atoms with E-state index in [1.165, 1.54) is 17.0 Å². The zero-order valence-corrected chi connectivity index (χ0v) is 20.8. The molecule has 2 atom stereocenters. The average Bonchev–Trinajstić information content (AvgIpc) is 3.56. The summed E-state index contributed by atoms with van der Waals surface area (Å²) in [4.78, 5) is 13.5. The molecule has 3 aromatic carbocycles. The molecule has 0 aromatic heterocycles. The Bertz CT molecular complexity index is 1450. The second-order valence-electron chi connectivity index (χ2n) is 9.18. The number of fused-ring (bicyclic) bond motifs is 1. The van der Waals surface area contributed by atoms with Crippen LogP contribution in [0.2, 0.25) is 5.02 Å². The van der Waals surface area contributed by atoms with Crippen molar-refractivity contribution in [2.75, 3.05) is 19.8 Å². The fourth-order valence-electron chi connectivity index (χ4n) is 5.56. The monoisotopic (exact) mass is 540 g/mol. The fraction of sp³-hybridized carbons (Fsp3) is 0.286. The highest BCUT2D eigenvalue weighted by Gasteiger charge is 2.53. The summed E-state index contributed by atoms with van der Waals surface area (Å²) in [5.41, 5.74) is -0.608. The number of rotatable bonds is 6. The number of carboxylic acid groups (broad SMARTS) is 1. The number of likely N-dealkylation sites (tertiary alicyclic amines) is 1. The first-order valence-electron chi connectivity index (χ1n) is 12.0. The van der Waals surface area contributed by atoms with Crippen molar-refractivity contribution in [3.63, 3.8) is 0 Å². The molecule has 5 rings (SSSR count). The van der Waals surface area contributed by atoms with Crippen LogP contribution in [-0.2, 0) is 12.0 Å². The Hall–Kier alpha value is -3.87. The van der Waals surface area contributed by atoms with Gasteiger partial charge < -0.3 is 24.6 Å². The molecular formula is C28H23ClF2N2O5. The Labute approximate surface area is 222 Å².